The van der Waals surface area contributed by atoms with E-state index in [0.29, 0.717) is 17.8 Å². The number of aromatic nitrogens is 3. The smallest absolute Gasteiger partial charge is 0.341 e. The molecule has 1 fully saturated rings. The van der Waals surface area contributed by atoms with Crippen molar-refractivity contribution in [1.29, 1.82) is 0 Å². The summed E-state index contributed by atoms with van der Waals surface area (Å²) in [6.07, 6.45) is 3.11. The van der Waals surface area contributed by atoms with Gasteiger partial charge >= 0.3 is 5.97 Å². The van der Waals surface area contributed by atoms with Crippen LogP contribution in [-0.2, 0) is 20.0 Å². The van der Waals surface area contributed by atoms with Crippen molar-refractivity contribution >= 4 is 29.4 Å². The quantitative estimate of drug-likeness (QED) is 0.666. The van der Waals surface area contributed by atoms with Crippen LogP contribution >= 0.6 is 12.4 Å². The maximum absolute atomic E-state index is 12.2. The average Bonchev–Trinajstić information content (AvgIpc) is 3.29. The number of nitrogens with one attached hydrogen (secondary N) is 1. The molecule has 0 radical (unpaired) electrons. The number of fused-ring (bicyclic) bond motifs is 1. The number of carboxylic acids is 1. The third-order valence-corrected chi connectivity index (χ3v) is 5.57. The number of pyridine rings is 2. The van der Waals surface area contributed by atoms with Crippen molar-refractivity contribution in [1.82, 2.24) is 19.4 Å². The van der Waals surface area contributed by atoms with Crippen molar-refractivity contribution < 1.29 is 9.90 Å². The number of aromatic amines is 1. The van der Waals surface area contributed by atoms with E-state index in [1.54, 1.807) is 0 Å². The van der Waals surface area contributed by atoms with Crippen molar-refractivity contribution in [2.45, 2.75) is 32.7 Å². The molecule has 4 heterocycles. The molecule has 29 heavy (non-hydrogen) atoms. The van der Waals surface area contributed by atoms with Gasteiger partial charge in [-0.2, -0.15) is 0 Å². The van der Waals surface area contributed by atoms with Crippen LogP contribution in [0.1, 0.15) is 41.4 Å². The molecular formula is C21H25ClN4O3. The molecule has 0 saturated carbocycles. The minimum Gasteiger partial charge on any atom is -0.477 e. The Balaban J connectivity index is 0.00000240. The van der Waals surface area contributed by atoms with Crippen LogP contribution in [-0.4, -0.2) is 43.6 Å². The molecule has 0 atom stereocenters. The van der Waals surface area contributed by atoms with Crippen molar-refractivity contribution in [3.05, 3.63) is 51.4 Å². The molecular weight excluding hydrogens is 392 g/mol. The number of likely N-dealkylation sites (tertiary alicyclic amines) is 1. The second-order valence-corrected chi connectivity index (χ2v) is 7.35. The van der Waals surface area contributed by atoms with Gasteiger partial charge in [-0.15, -0.1) is 12.4 Å². The van der Waals surface area contributed by atoms with Gasteiger partial charge in [0.2, 0.25) is 0 Å². The molecule has 0 unspecified atom stereocenters. The Hall–Kier alpha value is -2.64. The van der Waals surface area contributed by atoms with Crippen LogP contribution in [0.2, 0.25) is 0 Å². The number of carboxylic acid groups (broad SMARTS) is 1. The summed E-state index contributed by atoms with van der Waals surface area (Å²) in [6.45, 7) is 5.11. The summed E-state index contributed by atoms with van der Waals surface area (Å²) in [6, 6.07) is 7.44. The van der Waals surface area contributed by atoms with Crippen molar-refractivity contribution in [2.24, 2.45) is 7.05 Å². The summed E-state index contributed by atoms with van der Waals surface area (Å²) in [4.78, 5) is 33.4. The highest BCUT2D eigenvalue weighted by atomic mass is 35.5. The van der Waals surface area contributed by atoms with Crippen LogP contribution in [0.5, 0.6) is 0 Å². The number of carbonyl (C=O) groups is 1. The van der Waals surface area contributed by atoms with Crippen LogP contribution in [0.15, 0.2) is 29.1 Å². The zero-order valence-electron chi connectivity index (χ0n) is 16.6. The maximum atomic E-state index is 12.2. The van der Waals surface area contributed by atoms with Crippen LogP contribution < -0.4 is 5.56 Å². The third-order valence-electron chi connectivity index (χ3n) is 5.57. The van der Waals surface area contributed by atoms with Gasteiger partial charge in [0.15, 0.2) is 0 Å². The first kappa shape index (κ1) is 21.1. The Bertz CT molecular complexity index is 1110. The number of rotatable bonds is 5. The summed E-state index contributed by atoms with van der Waals surface area (Å²) in [7, 11) is 2.05. The molecule has 8 heteroatoms. The molecule has 1 saturated heterocycles. The van der Waals surface area contributed by atoms with E-state index in [1.807, 2.05) is 19.1 Å². The minimum absolute atomic E-state index is 0. The molecule has 3 aromatic rings. The number of aryl methyl sites for hydroxylation is 2. The second kappa shape index (κ2) is 8.39. The summed E-state index contributed by atoms with van der Waals surface area (Å²) in [5.74, 6) is -1.22. The number of nitrogens with zero attached hydrogens (tertiary/aromatic N) is 3. The second-order valence-electron chi connectivity index (χ2n) is 7.35. The molecule has 0 amide bonds. The van der Waals surface area contributed by atoms with E-state index in [0.717, 1.165) is 36.2 Å². The molecule has 4 rings (SSSR count). The highest BCUT2D eigenvalue weighted by Crippen LogP contribution is 2.25. The van der Waals surface area contributed by atoms with Gasteiger partial charge in [-0.05, 0) is 62.2 Å². The van der Waals surface area contributed by atoms with Crippen molar-refractivity contribution in [2.75, 3.05) is 13.1 Å². The van der Waals surface area contributed by atoms with Gasteiger partial charge < -0.3 is 14.7 Å². The predicted molar refractivity (Wildman–Crippen MR) is 115 cm³/mol. The lowest BCUT2D eigenvalue weighted by molar-refractivity contribution is 0.0695. The minimum atomic E-state index is -1.22. The Morgan fingerprint density at radius 1 is 1.24 bits per heavy atom. The normalized spacial score (nSPS) is 14.3. The first-order valence-electron chi connectivity index (χ1n) is 9.65. The molecule has 3 aromatic heterocycles. The molecule has 1 aliphatic heterocycles. The first-order valence-corrected chi connectivity index (χ1v) is 9.65. The maximum Gasteiger partial charge on any atom is 0.341 e. The molecule has 2 N–H and O–H groups in total. The SMILES string of the molecule is CCc1cc(C(=O)O)c(=O)[nH]c1-c1ccc2c(cc(CN3CCCC3)n2C)n1.Cl. The molecule has 0 aromatic carbocycles. The van der Waals surface area contributed by atoms with E-state index in [-0.39, 0.29) is 18.0 Å². The van der Waals surface area contributed by atoms with E-state index in [2.05, 4.69) is 27.6 Å². The van der Waals surface area contributed by atoms with Crippen LogP contribution in [0.4, 0.5) is 0 Å². The standard InChI is InChI=1S/C21H24N4O3.ClH/c1-3-13-10-15(21(27)28)20(26)23-19(13)16-6-7-18-17(22-16)11-14(24(18)2)12-25-8-4-5-9-25;/h6-7,10-11H,3-5,8-9,12H2,1-2H3,(H,23,26)(H,27,28);1H. The fourth-order valence-electron chi connectivity index (χ4n) is 3.97. The van der Waals surface area contributed by atoms with Crippen LogP contribution in [0.25, 0.3) is 22.4 Å². The summed E-state index contributed by atoms with van der Waals surface area (Å²) >= 11 is 0. The number of aromatic carboxylic acids is 1. The predicted octanol–water partition coefficient (Wildman–Crippen LogP) is 3.21. The van der Waals surface area contributed by atoms with Crippen molar-refractivity contribution in [3.63, 3.8) is 0 Å². The first-order chi connectivity index (χ1) is 13.5. The molecule has 0 aliphatic carbocycles. The summed E-state index contributed by atoms with van der Waals surface area (Å²) in [5, 5.41) is 9.20. The van der Waals surface area contributed by atoms with E-state index in [1.165, 1.54) is 24.6 Å². The Labute approximate surface area is 174 Å². The lowest BCUT2D eigenvalue weighted by atomic mass is 10.1. The van der Waals surface area contributed by atoms with Gasteiger partial charge in [-0.25, -0.2) is 9.78 Å². The topological polar surface area (TPSA) is 91.2 Å². The highest BCUT2D eigenvalue weighted by Gasteiger charge is 2.18. The van der Waals surface area contributed by atoms with E-state index in [9.17, 15) is 14.7 Å². The van der Waals surface area contributed by atoms with Gasteiger partial charge in [0, 0.05) is 19.3 Å². The van der Waals surface area contributed by atoms with Gasteiger partial charge in [-0.3, -0.25) is 9.69 Å². The van der Waals surface area contributed by atoms with E-state index in [4.69, 9.17) is 4.98 Å². The summed E-state index contributed by atoms with van der Waals surface area (Å²) < 4.78 is 2.17. The van der Waals surface area contributed by atoms with Crippen LogP contribution in [0.3, 0.4) is 0 Å². The van der Waals surface area contributed by atoms with Gasteiger partial charge in [0.1, 0.15) is 5.56 Å². The Morgan fingerprint density at radius 2 is 1.97 bits per heavy atom. The number of hydrogen-bond acceptors (Lipinski definition) is 4. The Morgan fingerprint density at radius 3 is 2.62 bits per heavy atom. The number of H-pyrrole nitrogens is 1. The average molecular weight is 417 g/mol. The lowest BCUT2D eigenvalue weighted by Gasteiger charge is -2.14. The largest absolute Gasteiger partial charge is 0.477 e. The molecule has 1 aliphatic rings. The van der Waals surface area contributed by atoms with Gasteiger partial charge in [0.25, 0.3) is 5.56 Å². The lowest BCUT2D eigenvalue weighted by Crippen LogP contribution is -2.19. The molecule has 0 spiro atoms. The fourth-order valence-corrected chi connectivity index (χ4v) is 3.97. The Kier molecular flexibility index (Phi) is 6.10. The number of halogens is 1. The molecule has 7 nitrogen and oxygen atoms in total. The van der Waals surface area contributed by atoms with E-state index < -0.39 is 11.5 Å². The monoisotopic (exact) mass is 416 g/mol. The molecule has 154 valence electrons. The van der Waals surface area contributed by atoms with E-state index >= 15 is 0 Å². The highest BCUT2D eigenvalue weighted by molar-refractivity contribution is 5.88. The molecule has 0 bridgehead atoms. The zero-order valence-corrected chi connectivity index (χ0v) is 17.4. The summed E-state index contributed by atoms with van der Waals surface area (Å²) in [5.41, 5.74) is 4.28. The van der Waals surface area contributed by atoms with Gasteiger partial charge in [0.05, 0.1) is 22.4 Å². The van der Waals surface area contributed by atoms with Crippen LogP contribution in [0, 0.1) is 0 Å². The zero-order chi connectivity index (χ0) is 19.8. The fraction of sp³-hybridized carbons (Fsp3) is 0.381. The third kappa shape index (κ3) is 3.93. The number of hydrogen-bond donors (Lipinski definition) is 2. The van der Waals surface area contributed by atoms with Crippen molar-refractivity contribution in [3.8, 4) is 11.4 Å². The van der Waals surface area contributed by atoms with Gasteiger partial charge in [-0.1, -0.05) is 6.92 Å².